The molecule has 1 amide bonds. The topological polar surface area (TPSA) is 97.8 Å². The number of alkyl halides is 3. The average Bonchev–Trinajstić information content (AvgIpc) is 3.65. The van der Waals surface area contributed by atoms with Crippen molar-refractivity contribution in [3.8, 4) is 23.3 Å². The number of nitrogens with one attached hydrogen (secondary N) is 2. The van der Waals surface area contributed by atoms with Crippen molar-refractivity contribution in [2.75, 3.05) is 38.2 Å². The van der Waals surface area contributed by atoms with Crippen molar-refractivity contribution in [1.82, 2.24) is 20.2 Å². The van der Waals surface area contributed by atoms with Crippen LogP contribution in [0.5, 0.6) is 11.5 Å². The van der Waals surface area contributed by atoms with Gasteiger partial charge < -0.3 is 24.4 Å². The molecule has 2 fully saturated rings. The van der Waals surface area contributed by atoms with Crippen LogP contribution >= 0.6 is 22.9 Å². The van der Waals surface area contributed by atoms with Crippen LogP contribution in [0, 0.1) is 11.8 Å². The Bertz CT molecular complexity index is 1740. The van der Waals surface area contributed by atoms with Gasteiger partial charge in [-0.1, -0.05) is 29.5 Å². The molecule has 2 aliphatic rings. The molecule has 2 saturated heterocycles. The van der Waals surface area contributed by atoms with E-state index in [2.05, 4.69) is 32.4 Å². The molecule has 0 radical (unpaired) electrons. The Morgan fingerprint density at radius 3 is 2.80 bits per heavy atom. The minimum Gasteiger partial charge on any atom is -0.456 e. The number of benzene rings is 2. The normalized spacial score (nSPS) is 18.5. The lowest BCUT2D eigenvalue weighted by atomic mass is 10.2. The van der Waals surface area contributed by atoms with Crippen LogP contribution in [-0.4, -0.2) is 66.0 Å². The molecule has 4 aromatic rings. The smallest absolute Gasteiger partial charge is 0.416 e. The lowest BCUT2D eigenvalue weighted by Crippen LogP contribution is -2.42. The number of aromatic nitrogens is 2. The van der Waals surface area contributed by atoms with E-state index in [-0.39, 0.29) is 34.8 Å². The number of rotatable bonds is 5. The van der Waals surface area contributed by atoms with E-state index >= 15 is 0 Å². The molecule has 4 heterocycles. The van der Waals surface area contributed by atoms with Crippen molar-refractivity contribution in [2.45, 2.75) is 24.7 Å². The first-order valence-electron chi connectivity index (χ1n) is 13.7. The molecule has 2 atom stereocenters. The third-order valence-corrected chi connectivity index (χ3v) is 8.23. The van der Waals surface area contributed by atoms with Crippen LogP contribution in [-0.2, 0) is 15.7 Å². The van der Waals surface area contributed by atoms with Gasteiger partial charge in [0.2, 0.25) is 0 Å². The third-order valence-electron chi connectivity index (χ3n) is 6.89. The van der Waals surface area contributed by atoms with Crippen LogP contribution in [0.2, 0.25) is 5.02 Å². The number of carbonyl (C=O) groups excluding carboxylic acids is 1. The number of hydrogen-bond donors (Lipinski definition) is 2. The Hall–Kier alpha value is -4.09. The molecule has 9 nitrogen and oxygen atoms in total. The molecule has 0 unspecified atom stereocenters. The minimum atomic E-state index is -4.48. The highest BCUT2D eigenvalue weighted by Gasteiger charge is 2.31. The second-order valence-electron chi connectivity index (χ2n) is 10.0. The molecule has 6 rings (SSSR count). The van der Waals surface area contributed by atoms with Crippen LogP contribution < -0.4 is 15.4 Å². The van der Waals surface area contributed by atoms with E-state index in [0.717, 1.165) is 21.7 Å². The quantitative estimate of drug-likeness (QED) is 0.240. The molecule has 0 spiro atoms. The molecular weight excluding hydrogens is 619 g/mol. The van der Waals surface area contributed by atoms with Crippen molar-refractivity contribution in [3.05, 3.63) is 70.3 Å². The highest BCUT2D eigenvalue weighted by atomic mass is 35.5. The van der Waals surface area contributed by atoms with Crippen LogP contribution in [0.25, 0.3) is 10.2 Å². The van der Waals surface area contributed by atoms with Crippen molar-refractivity contribution in [3.63, 3.8) is 0 Å². The summed E-state index contributed by atoms with van der Waals surface area (Å²) in [5, 5.41) is 6.72. The first-order chi connectivity index (χ1) is 21.2. The van der Waals surface area contributed by atoms with E-state index in [4.69, 9.17) is 25.8 Å². The highest BCUT2D eigenvalue weighted by Crippen LogP contribution is 2.37. The summed E-state index contributed by atoms with van der Waals surface area (Å²) >= 11 is 7.83. The maximum Gasteiger partial charge on any atom is 0.416 e. The zero-order valence-corrected chi connectivity index (χ0v) is 24.6. The monoisotopic (exact) mass is 643 g/mol. The van der Waals surface area contributed by atoms with Crippen LogP contribution in [0.4, 0.5) is 29.5 Å². The fourth-order valence-corrected chi connectivity index (χ4v) is 5.83. The number of amides is 1. The number of halogens is 4. The van der Waals surface area contributed by atoms with Crippen molar-refractivity contribution >= 4 is 50.8 Å². The predicted octanol–water partition coefficient (Wildman–Crippen LogP) is 6.45. The Kier molecular flexibility index (Phi) is 8.76. The van der Waals surface area contributed by atoms with Crippen LogP contribution in [0.15, 0.2) is 54.9 Å². The number of nitrogens with zero attached hydrogens (tertiary/aromatic N) is 3. The van der Waals surface area contributed by atoms with Gasteiger partial charge in [0.1, 0.15) is 23.9 Å². The van der Waals surface area contributed by atoms with Gasteiger partial charge in [-0.05, 0) is 42.5 Å². The van der Waals surface area contributed by atoms with E-state index in [1.54, 1.807) is 23.1 Å². The van der Waals surface area contributed by atoms with Crippen molar-refractivity contribution in [2.24, 2.45) is 0 Å². The summed E-state index contributed by atoms with van der Waals surface area (Å²) in [7, 11) is 0. The summed E-state index contributed by atoms with van der Waals surface area (Å²) in [6, 6.07) is 11.2. The standard InChI is InChI=1S/C30H25ClF3N5O4S/c31-24-14-20(5-7-26(24)42-21-3-1-2-18(12-21)30(32,33)34)38-28-27-25(36-17-37-28)15-23(44-27)6-4-19-13-22(16-35-19)43-29(40)39-8-10-41-11-9-39/h1-3,5,7,12,14-15,17,19,22,35H,8-11,13,16H2,(H,36,37,38)/t19-,22-/m1/s1. The summed E-state index contributed by atoms with van der Waals surface area (Å²) in [6.45, 7) is 2.64. The van der Waals surface area contributed by atoms with Gasteiger partial charge in [-0.25, -0.2) is 14.8 Å². The summed E-state index contributed by atoms with van der Waals surface area (Å²) in [4.78, 5) is 23.5. The second kappa shape index (κ2) is 12.9. The summed E-state index contributed by atoms with van der Waals surface area (Å²) < 4.78 is 56.5. The van der Waals surface area contributed by atoms with Crippen LogP contribution in [0.1, 0.15) is 16.9 Å². The molecule has 0 aliphatic carbocycles. The zero-order chi connectivity index (χ0) is 30.7. The SMILES string of the molecule is O=C(O[C@H]1CN[C@H](C#Cc2cc3ncnc(Nc4ccc(Oc5cccc(C(F)(F)F)c5)c(Cl)c4)c3s2)C1)N1CCOCC1. The highest BCUT2D eigenvalue weighted by molar-refractivity contribution is 7.20. The summed E-state index contributed by atoms with van der Waals surface area (Å²) in [5.41, 5.74) is 0.496. The predicted molar refractivity (Wildman–Crippen MR) is 160 cm³/mol. The van der Waals surface area contributed by atoms with Gasteiger partial charge in [0.05, 0.1) is 44.9 Å². The van der Waals surface area contributed by atoms with Crippen LogP contribution in [0.3, 0.4) is 0 Å². The van der Waals surface area contributed by atoms with E-state index in [1.807, 2.05) is 6.07 Å². The Morgan fingerprint density at radius 2 is 2.00 bits per heavy atom. The van der Waals surface area contributed by atoms with E-state index < -0.39 is 11.7 Å². The Balaban J connectivity index is 1.10. The van der Waals surface area contributed by atoms with Crippen molar-refractivity contribution < 1.29 is 32.2 Å². The number of carbonyl (C=O) groups is 1. The third kappa shape index (κ3) is 7.16. The second-order valence-corrected chi connectivity index (χ2v) is 11.5. The molecular formula is C30H25ClF3N5O4S. The molecule has 2 aromatic carbocycles. The molecule has 44 heavy (non-hydrogen) atoms. The maximum absolute atomic E-state index is 13.0. The van der Waals surface area contributed by atoms with Gasteiger partial charge in [-0.2, -0.15) is 13.2 Å². The van der Waals surface area contributed by atoms with Gasteiger partial charge in [-0.15, -0.1) is 11.3 Å². The molecule has 14 heteroatoms. The van der Waals surface area contributed by atoms with Gasteiger partial charge >= 0.3 is 12.3 Å². The minimum absolute atomic E-state index is 0.0181. The number of thiophene rings is 1. The summed E-state index contributed by atoms with van der Waals surface area (Å²) in [5.74, 6) is 7.18. The lowest BCUT2D eigenvalue weighted by molar-refractivity contribution is -0.137. The first-order valence-corrected chi connectivity index (χ1v) is 14.9. The van der Waals surface area contributed by atoms with E-state index in [1.165, 1.54) is 29.8 Å². The van der Waals surface area contributed by atoms with E-state index in [9.17, 15) is 18.0 Å². The molecule has 2 aromatic heterocycles. The fraction of sp³-hybridized carbons (Fsp3) is 0.300. The zero-order valence-electron chi connectivity index (χ0n) is 23.0. The fourth-order valence-electron chi connectivity index (χ4n) is 4.69. The molecule has 2 aliphatic heterocycles. The Morgan fingerprint density at radius 1 is 1.16 bits per heavy atom. The largest absolute Gasteiger partial charge is 0.456 e. The molecule has 2 N–H and O–H groups in total. The summed E-state index contributed by atoms with van der Waals surface area (Å²) in [6.07, 6.45) is -3.02. The number of morpholine rings is 1. The average molecular weight is 644 g/mol. The van der Waals surface area contributed by atoms with Crippen molar-refractivity contribution in [1.29, 1.82) is 0 Å². The first kappa shape index (κ1) is 30.0. The number of ether oxygens (including phenoxy) is 3. The Labute approximate surface area is 259 Å². The number of anilines is 2. The van der Waals surface area contributed by atoms with Gasteiger partial charge in [0.25, 0.3) is 0 Å². The van der Waals surface area contributed by atoms with E-state index in [0.29, 0.717) is 56.3 Å². The van der Waals surface area contributed by atoms with Gasteiger partial charge in [-0.3, -0.25) is 5.32 Å². The maximum atomic E-state index is 13.0. The van der Waals surface area contributed by atoms with Gasteiger partial charge in [0.15, 0.2) is 5.82 Å². The lowest BCUT2D eigenvalue weighted by Gasteiger charge is -2.27. The number of fused-ring (bicyclic) bond motifs is 1. The molecule has 0 saturated carbocycles. The van der Waals surface area contributed by atoms with Gasteiger partial charge in [0, 0.05) is 31.7 Å². The molecule has 228 valence electrons. The number of hydrogen-bond acceptors (Lipinski definition) is 9. The molecule has 0 bridgehead atoms.